The molecule has 140 valence electrons. The van der Waals surface area contributed by atoms with Crippen LogP contribution in [0.4, 0.5) is 30.2 Å². The zero-order chi connectivity index (χ0) is 19.3. The topological polar surface area (TPSA) is 36.9 Å². The van der Waals surface area contributed by atoms with Crippen molar-refractivity contribution in [2.75, 3.05) is 18.9 Å². The molecule has 0 aliphatic heterocycles. The molecule has 1 N–H and O–H groups in total. The van der Waals surface area contributed by atoms with Gasteiger partial charge in [-0.05, 0) is 43.3 Å². The second kappa shape index (κ2) is 8.51. The first-order valence-corrected chi connectivity index (χ1v) is 8.30. The van der Waals surface area contributed by atoms with E-state index in [-0.39, 0.29) is 5.75 Å². The molecule has 0 aliphatic carbocycles. The van der Waals surface area contributed by atoms with Crippen LogP contribution in [0.3, 0.4) is 0 Å². The maximum absolute atomic E-state index is 12.2. The minimum Gasteiger partial charge on any atom is -0.406 e. The molecule has 0 aliphatic rings. The fourth-order valence-corrected chi connectivity index (χ4v) is 2.29. The van der Waals surface area contributed by atoms with Gasteiger partial charge in [0, 0.05) is 19.3 Å². The van der Waals surface area contributed by atoms with E-state index in [1.54, 1.807) is 18.5 Å². The van der Waals surface area contributed by atoms with Crippen LogP contribution in [0.15, 0.2) is 41.4 Å². The van der Waals surface area contributed by atoms with Gasteiger partial charge in [-0.15, -0.1) is 13.2 Å². The van der Waals surface area contributed by atoms with Gasteiger partial charge in [0.15, 0.2) is 0 Å². The molecule has 0 spiro atoms. The van der Waals surface area contributed by atoms with E-state index in [4.69, 9.17) is 23.2 Å². The lowest BCUT2D eigenvalue weighted by Gasteiger charge is -2.13. The van der Waals surface area contributed by atoms with Gasteiger partial charge in [-0.2, -0.15) is 0 Å². The molecule has 0 unspecified atom stereocenters. The number of nitrogens with one attached hydrogen (secondary N) is 1. The van der Waals surface area contributed by atoms with Gasteiger partial charge < -0.3 is 15.0 Å². The number of ether oxygens (including phenoxy) is 1. The lowest BCUT2D eigenvalue weighted by atomic mass is 10.2. The van der Waals surface area contributed by atoms with E-state index in [9.17, 15) is 13.2 Å². The van der Waals surface area contributed by atoms with Crippen molar-refractivity contribution >= 4 is 46.6 Å². The number of rotatable bonds is 6. The Hall–Kier alpha value is -2.12. The lowest BCUT2D eigenvalue weighted by Crippen LogP contribution is -2.16. The Bertz CT molecular complexity index is 780. The summed E-state index contributed by atoms with van der Waals surface area (Å²) in [5, 5.41) is 3.75. The van der Waals surface area contributed by atoms with Gasteiger partial charge in [0.25, 0.3) is 0 Å². The second-order valence-corrected chi connectivity index (χ2v) is 6.11. The Balaban J connectivity index is 2.14. The van der Waals surface area contributed by atoms with E-state index in [1.165, 1.54) is 24.3 Å². The Morgan fingerprint density at radius 1 is 1.15 bits per heavy atom. The second-order valence-electron chi connectivity index (χ2n) is 5.30. The molecule has 0 radical (unpaired) electrons. The summed E-state index contributed by atoms with van der Waals surface area (Å²) in [7, 11) is 1.88. The average molecular weight is 406 g/mol. The summed E-state index contributed by atoms with van der Waals surface area (Å²) in [6.45, 7) is 2.78. The smallest absolute Gasteiger partial charge is 0.406 e. The van der Waals surface area contributed by atoms with E-state index in [0.29, 0.717) is 27.1 Å². The minimum absolute atomic E-state index is 0.308. The highest BCUT2D eigenvalue weighted by Crippen LogP contribution is 2.36. The van der Waals surface area contributed by atoms with Gasteiger partial charge in [-0.1, -0.05) is 23.2 Å². The van der Waals surface area contributed by atoms with Crippen LogP contribution in [-0.2, 0) is 0 Å². The van der Waals surface area contributed by atoms with Crippen LogP contribution in [0, 0.1) is 0 Å². The van der Waals surface area contributed by atoms with Crippen molar-refractivity contribution in [2.45, 2.75) is 13.3 Å². The first kappa shape index (κ1) is 20.2. The summed E-state index contributed by atoms with van der Waals surface area (Å²) in [6.07, 6.45) is -3.09. The Morgan fingerprint density at radius 2 is 1.81 bits per heavy atom. The molecule has 0 atom stereocenters. The van der Waals surface area contributed by atoms with E-state index >= 15 is 0 Å². The number of benzene rings is 2. The first-order chi connectivity index (χ1) is 12.2. The van der Waals surface area contributed by atoms with Crippen molar-refractivity contribution in [1.29, 1.82) is 0 Å². The molecular formula is C17H16Cl2F3N3O. The monoisotopic (exact) mass is 405 g/mol. The third-order valence-corrected chi connectivity index (χ3v) is 3.91. The highest BCUT2D eigenvalue weighted by molar-refractivity contribution is 6.37. The molecule has 9 heteroatoms. The van der Waals surface area contributed by atoms with E-state index in [0.717, 1.165) is 6.54 Å². The summed E-state index contributed by atoms with van der Waals surface area (Å²) in [5.41, 5.74) is 1.54. The van der Waals surface area contributed by atoms with E-state index in [1.807, 2.05) is 18.9 Å². The number of halogens is 5. The van der Waals surface area contributed by atoms with E-state index < -0.39 is 6.36 Å². The largest absolute Gasteiger partial charge is 0.573 e. The average Bonchev–Trinajstić information content (AvgIpc) is 2.56. The van der Waals surface area contributed by atoms with Crippen molar-refractivity contribution in [3.8, 4) is 5.75 Å². The van der Waals surface area contributed by atoms with Crippen molar-refractivity contribution in [3.05, 3.63) is 46.4 Å². The molecule has 2 aromatic carbocycles. The van der Waals surface area contributed by atoms with Crippen LogP contribution in [0.1, 0.15) is 6.92 Å². The maximum Gasteiger partial charge on any atom is 0.573 e. The van der Waals surface area contributed by atoms with Gasteiger partial charge in [0.05, 0.1) is 27.8 Å². The number of nitrogens with zero attached hydrogens (tertiary/aromatic N) is 2. The van der Waals surface area contributed by atoms with Gasteiger partial charge in [-0.3, -0.25) is 0 Å². The molecule has 4 nitrogen and oxygen atoms in total. The molecule has 0 saturated heterocycles. The molecule has 0 bridgehead atoms. The third-order valence-electron chi connectivity index (χ3n) is 3.30. The number of alkyl halides is 3. The van der Waals surface area contributed by atoms with Crippen LogP contribution in [0.25, 0.3) is 0 Å². The molecule has 2 aromatic rings. The Kier molecular flexibility index (Phi) is 6.61. The quantitative estimate of drug-likeness (QED) is 0.455. The normalized spacial score (nSPS) is 11.7. The minimum atomic E-state index is -4.73. The maximum atomic E-state index is 12.2. The summed E-state index contributed by atoms with van der Waals surface area (Å²) >= 11 is 12.5. The van der Waals surface area contributed by atoms with Gasteiger partial charge in [-0.25, -0.2) is 4.99 Å². The highest BCUT2D eigenvalue weighted by Gasteiger charge is 2.30. The van der Waals surface area contributed by atoms with Gasteiger partial charge in [0.2, 0.25) is 0 Å². The van der Waals surface area contributed by atoms with Crippen molar-refractivity contribution in [3.63, 3.8) is 0 Å². The molecule has 0 saturated carbocycles. The van der Waals surface area contributed by atoms with Crippen LogP contribution < -0.4 is 10.1 Å². The number of aliphatic imine (C=N–C) groups is 1. The fourth-order valence-electron chi connectivity index (χ4n) is 1.87. The molecular weight excluding hydrogens is 390 g/mol. The molecule has 26 heavy (non-hydrogen) atoms. The summed E-state index contributed by atoms with van der Waals surface area (Å²) in [4.78, 5) is 6.14. The van der Waals surface area contributed by atoms with Crippen molar-refractivity contribution in [1.82, 2.24) is 4.90 Å². The lowest BCUT2D eigenvalue weighted by molar-refractivity contribution is -0.274. The van der Waals surface area contributed by atoms with Crippen molar-refractivity contribution in [2.24, 2.45) is 4.99 Å². The highest BCUT2D eigenvalue weighted by atomic mass is 35.5. The zero-order valence-electron chi connectivity index (χ0n) is 13.9. The molecule has 0 heterocycles. The predicted octanol–water partition coefficient (Wildman–Crippen LogP) is 6.25. The van der Waals surface area contributed by atoms with E-state index in [2.05, 4.69) is 15.0 Å². The van der Waals surface area contributed by atoms with Crippen LogP contribution in [-0.4, -0.2) is 31.2 Å². The molecule has 0 amide bonds. The van der Waals surface area contributed by atoms with Crippen LogP contribution in [0.5, 0.6) is 5.75 Å². The van der Waals surface area contributed by atoms with Crippen molar-refractivity contribution < 1.29 is 17.9 Å². The van der Waals surface area contributed by atoms with Gasteiger partial charge >= 0.3 is 6.36 Å². The van der Waals surface area contributed by atoms with Crippen LogP contribution >= 0.6 is 23.2 Å². The summed E-state index contributed by atoms with van der Waals surface area (Å²) in [6, 6.07) is 8.48. The standard InChI is InChI=1S/C17H16Cl2F3N3O/c1-3-25(2)10-23-15-8-14(19)16(9-13(15)18)24-11-4-6-12(7-5-11)26-17(20,21)22/h4-10,24H,3H2,1-2H3/b23-10-. The summed E-state index contributed by atoms with van der Waals surface area (Å²) < 4.78 is 40.4. The number of anilines is 2. The Morgan fingerprint density at radius 3 is 2.38 bits per heavy atom. The molecule has 0 fully saturated rings. The SMILES string of the molecule is CCN(C)/C=N\c1cc(Cl)c(Nc2ccc(OC(F)(F)F)cc2)cc1Cl. The van der Waals surface area contributed by atoms with Crippen LogP contribution in [0.2, 0.25) is 10.0 Å². The fraction of sp³-hybridized carbons (Fsp3) is 0.235. The predicted molar refractivity (Wildman–Crippen MR) is 99.3 cm³/mol. The number of hydrogen-bond donors (Lipinski definition) is 1. The summed E-state index contributed by atoms with van der Waals surface area (Å²) in [5.74, 6) is -0.308. The van der Waals surface area contributed by atoms with Gasteiger partial charge in [0.1, 0.15) is 5.75 Å². The molecule has 2 rings (SSSR count). The third kappa shape index (κ3) is 6.00. The molecule has 0 aromatic heterocycles. The zero-order valence-corrected chi connectivity index (χ0v) is 15.5. The Labute approximate surface area is 159 Å². The first-order valence-electron chi connectivity index (χ1n) is 7.54. The number of hydrogen-bond acceptors (Lipinski definition) is 3.